The lowest BCUT2D eigenvalue weighted by molar-refractivity contribution is 0.00934. The van der Waals surface area contributed by atoms with Crippen molar-refractivity contribution in [2.45, 2.75) is 38.7 Å². The monoisotopic (exact) mass is 206 g/mol. The zero-order valence-electron chi connectivity index (χ0n) is 9.33. The van der Waals surface area contributed by atoms with Gasteiger partial charge >= 0.3 is 0 Å². The summed E-state index contributed by atoms with van der Waals surface area (Å²) in [5, 5.41) is 10.6. The molecule has 2 rings (SSSR count). The van der Waals surface area contributed by atoms with Gasteiger partial charge in [0.25, 0.3) is 0 Å². The Labute approximate surface area is 90.3 Å². The van der Waals surface area contributed by atoms with E-state index in [-0.39, 0.29) is 0 Å². The van der Waals surface area contributed by atoms with Gasteiger partial charge in [-0.25, -0.2) is 4.98 Å². The molecule has 3 heteroatoms. The lowest BCUT2D eigenvalue weighted by atomic mass is 9.86. The molecule has 82 valence electrons. The number of pyridine rings is 1. The Hall–Kier alpha value is -1.09. The number of nitrogens with two attached hydrogens (primary N) is 1. The minimum absolute atomic E-state index is 0.369. The van der Waals surface area contributed by atoms with Crippen LogP contribution < -0.4 is 5.73 Å². The van der Waals surface area contributed by atoms with Crippen LogP contribution in [-0.4, -0.2) is 10.1 Å². The van der Waals surface area contributed by atoms with Crippen molar-refractivity contribution in [1.82, 2.24) is 4.98 Å². The predicted molar refractivity (Wildman–Crippen MR) is 60.3 cm³/mol. The van der Waals surface area contributed by atoms with E-state index in [2.05, 4.69) is 4.98 Å². The van der Waals surface area contributed by atoms with Crippen molar-refractivity contribution >= 4 is 5.82 Å². The van der Waals surface area contributed by atoms with Crippen molar-refractivity contribution in [2.75, 3.05) is 5.73 Å². The third kappa shape index (κ3) is 1.72. The van der Waals surface area contributed by atoms with E-state index in [4.69, 9.17) is 5.73 Å². The second kappa shape index (κ2) is 3.49. The summed E-state index contributed by atoms with van der Waals surface area (Å²) in [7, 11) is 0. The SMILES string of the molecule is CCC(O)(c1cc(C)cnc1N)C1CC1. The molecule has 0 bridgehead atoms. The maximum absolute atomic E-state index is 10.6. The smallest absolute Gasteiger partial charge is 0.129 e. The molecular weight excluding hydrogens is 188 g/mol. The van der Waals surface area contributed by atoms with Crippen LogP contribution in [0.15, 0.2) is 12.3 Å². The third-order valence-electron chi connectivity index (χ3n) is 3.31. The van der Waals surface area contributed by atoms with E-state index in [9.17, 15) is 5.11 Å². The minimum atomic E-state index is -0.761. The van der Waals surface area contributed by atoms with Crippen molar-refractivity contribution in [3.8, 4) is 0 Å². The van der Waals surface area contributed by atoms with Gasteiger partial charge in [-0.2, -0.15) is 0 Å². The minimum Gasteiger partial charge on any atom is -0.385 e. The Morgan fingerprint density at radius 1 is 1.60 bits per heavy atom. The topological polar surface area (TPSA) is 59.1 Å². The molecule has 0 radical (unpaired) electrons. The van der Waals surface area contributed by atoms with E-state index in [1.54, 1.807) is 6.20 Å². The molecule has 1 unspecified atom stereocenters. The highest BCUT2D eigenvalue weighted by molar-refractivity contribution is 5.45. The molecule has 0 aliphatic heterocycles. The van der Waals surface area contributed by atoms with Crippen LogP contribution in [0.5, 0.6) is 0 Å². The largest absolute Gasteiger partial charge is 0.385 e. The van der Waals surface area contributed by atoms with Crippen LogP contribution >= 0.6 is 0 Å². The lowest BCUT2D eigenvalue weighted by Gasteiger charge is -2.28. The van der Waals surface area contributed by atoms with Gasteiger partial charge in [0, 0.05) is 11.8 Å². The summed E-state index contributed by atoms with van der Waals surface area (Å²) in [5.74, 6) is 0.838. The Morgan fingerprint density at radius 2 is 2.27 bits per heavy atom. The van der Waals surface area contributed by atoms with E-state index in [0.29, 0.717) is 18.2 Å². The predicted octanol–water partition coefficient (Wildman–Crippen LogP) is 1.98. The lowest BCUT2D eigenvalue weighted by Crippen LogP contribution is -2.29. The second-order valence-electron chi connectivity index (χ2n) is 4.50. The Balaban J connectivity index is 2.45. The number of hydrogen-bond acceptors (Lipinski definition) is 3. The number of anilines is 1. The van der Waals surface area contributed by atoms with E-state index < -0.39 is 5.60 Å². The maximum Gasteiger partial charge on any atom is 0.129 e. The summed E-state index contributed by atoms with van der Waals surface area (Å²) in [6.45, 7) is 3.97. The standard InChI is InChI=1S/C12H18N2O/c1-3-12(15,9-4-5-9)10-6-8(2)7-14-11(10)13/h6-7,9,15H,3-5H2,1-2H3,(H2,13,14). The van der Waals surface area contributed by atoms with Crippen molar-refractivity contribution in [1.29, 1.82) is 0 Å². The van der Waals surface area contributed by atoms with Crippen LogP contribution in [0.3, 0.4) is 0 Å². The number of aryl methyl sites for hydroxylation is 1. The first-order chi connectivity index (χ1) is 7.08. The van der Waals surface area contributed by atoms with Crippen LogP contribution in [-0.2, 0) is 5.60 Å². The summed E-state index contributed by atoms with van der Waals surface area (Å²) in [5.41, 5.74) is 6.95. The molecule has 1 saturated carbocycles. The van der Waals surface area contributed by atoms with Crippen LogP contribution in [0.1, 0.15) is 37.3 Å². The molecule has 1 aliphatic carbocycles. The zero-order valence-corrected chi connectivity index (χ0v) is 9.33. The third-order valence-corrected chi connectivity index (χ3v) is 3.31. The van der Waals surface area contributed by atoms with Gasteiger partial charge in [-0.05, 0) is 43.7 Å². The van der Waals surface area contributed by atoms with E-state index >= 15 is 0 Å². The summed E-state index contributed by atoms with van der Waals surface area (Å²) >= 11 is 0. The fourth-order valence-corrected chi connectivity index (χ4v) is 2.19. The molecule has 1 heterocycles. The number of aromatic nitrogens is 1. The van der Waals surface area contributed by atoms with Crippen LogP contribution in [0, 0.1) is 12.8 Å². The van der Waals surface area contributed by atoms with Crippen LogP contribution in [0.4, 0.5) is 5.82 Å². The quantitative estimate of drug-likeness (QED) is 0.795. The number of nitrogens with zero attached hydrogens (tertiary/aromatic N) is 1. The first-order valence-corrected chi connectivity index (χ1v) is 5.53. The van der Waals surface area contributed by atoms with E-state index in [1.807, 2.05) is 19.9 Å². The molecule has 0 saturated heterocycles. The first-order valence-electron chi connectivity index (χ1n) is 5.53. The fourth-order valence-electron chi connectivity index (χ4n) is 2.19. The van der Waals surface area contributed by atoms with E-state index in [1.165, 1.54) is 0 Å². The van der Waals surface area contributed by atoms with Gasteiger partial charge in [-0.15, -0.1) is 0 Å². The highest BCUT2D eigenvalue weighted by Gasteiger charge is 2.44. The highest BCUT2D eigenvalue weighted by Crippen LogP contribution is 2.48. The van der Waals surface area contributed by atoms with Crippen molar-refractivity contribution < 1.29 is 5.11 Å². The first kappa shape index (κ1) is 10.4. The molecule has 0 spiro atoms. The second-order valence-corrected chi connectivity index (χ2v) is 4.50. The summed E-state index contributed by atoms with van der Waals surface area (Å²) in [6, 6.07) is 1.96. The average Bonchev–Trinajstić information content (AvgIpc) is 3.04. The molecule has 3 nitrogen and oxygen atoms in total. The van der Waals surface area contributed by atoms with E-state index in [0.717, 1.165) is 24.0 Å². The zero-order chi connectivity index (χ0) is 11.1. The number of hydrogen-bond donors (Lipinski definition) is 2. The molecule has 1 aliphatic rings. The maximum atomic E-state index is 10.6. The van der Waals surface area contributed by atoms with Gasteiger partial charge < -0.3 is 10.8 Å². The van der Waals surface area contributed by atoms with Crippen molar-refractivity contribution in [3.05, 3.63) is 23.4 Å². The van der Waals surface area contributed by atoms with Gasteiger partial charge in [-0.1, -0.05) is 6.92 Å². The van der Waals surface area contributed by atoms with Crippen LogP contribution in [0.2, 0.25) is 0 Å². The number of rotatable bonds is 3. The summed E-state index contributed by atoms with van der Waals surface area (Å²) in [4.78, 5) is 4.12. The molecule has 1 fully saturated rings. The molecule has 1 aromatic heterocycles. The van der Waals surface area contributed by atoms with Gasteiger partial charge in [0.1, 0.15) is 5.82 Å². The normalized spacial score (nSPS) is 19.9. The Morgan fingerprint density at radius 3 is 2.80 bits per heavy atom. The Kier molecular flexibility index (Phi) is 2.43. The van der Waals surface area contributed by atoms with Crippen molar-refractivity contribution in [3.63, 3.8) is 0 Å². The number of nitrogen functional groups attached to an aromatic ring is 1. The molecular formula is C12H18N2O. The van der Waals surface area contributed by atoms with Crippen LogP contribution in [0.25, 0.3) is 0 Å². The summed E-state index contributed by atoms with van der Waals surface area (Å²) in [6.07, 6.45) is 4.63. The van der Waals surface area contributed by atoms with Gasteiger partial charge in [0.05, 0.1) is 5.60 Å². The molecule has 1 atom stereocenters. The summed E-state index contributed by atoms with van der Waals surface area (Å²) < 4.78 is 0. The van der Waals surface area contributed by atoms with Gasteiger partial charge in [0.2, 0.25) is 0 Å². The average molecular weight is 206 g/mol. The highest BCUT2D eigenvalue weighted by atomic mass is 16.3. The molecule has 15 heavy (non-hydrogen) atoms. The molecule has 3 N–H and O–H groups in total. The fraction of sp³-hybridized carbons (Fsp3) is 0.583. The molecule has 0 amide bonds. The Bertz CT molecular complexity index is 374. The molecule has 1 aromatic rings. The molecule has 0 aromatic carbocycles. The number of aliphatic hydroxyl groups is 1. The van der Waals surface area contributed by atoms with Gasteiger partial charge in [0.15, 0.2) is 0 Å². The van der Waals surface area contributed by atoms with Gasteiger partial charge in [-0.3, -0.25) is 0 Å². The van der Waals surface area contributed by atoms with Crippen molar-refractivity contribution in [2.24, 2.45) is 5.92 Å².